The number of rotatable bonds is 4. The average molecular weight is 206 g/mol. The van der Waals surface area contributed by atoms with Crippen LogP contribution in [-0.4, -0.2) is 17.8 Å². The first-order valence-electron chi connectivity index (χ1n) is 3.81. The fourth-order valence-electron chi connectivity index (χ4n) is 0.851. The maximum absolute atomic E-state index is 8.95. The molecule has 1 aromatic heterocycles. The van der Waals surface area contributed by atoms with E-state index < -0.39 is 0 Å². The van der Waals surface area contributed by atoms with Crippen LogP contribution < -0.4 is 5.32 Å². The van der Waals surface area contributed by atoms with Crippen LogP contribution in [0.2, 0.25) is 4.34 Å². The summed E-state index contributed by atoms with van der Waals surface area (Å²) in [6, 6.07) is 3.87. The zero-order chi connectivity index (χ0) is 8.97. The highest BCUT2D eigenvalue weighted by molar-refractivity contribution is 7.16. The normalized spacial score (nSPS) is 13.2. The summed E-state index contributed by atoms with van der Waals surface area (Å²) in [5.74, 6) is 0. The van der Waals surface area contributed by atoms with E-state index in [-0.39, 0.29) is 6.10 Å². The molecular formula is C8H12ClNOS. The van der Waals surface area contributed by atoms with Crippen molar-refractivity contribution in [2.45, 2.75) is 19.6 Å². The zero-order valence-electron chi connectivity index (χ0n) is 6.88. The van der Waals surface area contributed by atoms with Gasteiger partial charge >= 0.3 is 0 Å². The number of thiophene rings is 1. The fraction of sp³-hybridized carbons (Fsp3) is 0.500. The van der Waals surface area contributed by atoms with Gasteiger partial charge in [-0.1, -0.05) is 11.6 Å². The van der Waals surface area contributed by atoms with Crippen molar-refractivity contribution < 1.29 is 5.11 Å². The lowest BCUT2D eigenvalue weighted by atomic mass is 10.4. The first kappa shape index (κ1) is 9.99. The SMILES string of the molecule is C[C@H](O)CNCc1ccc(Cl)s1. The minimum atomic E-state index is -0.291. The van der Waals surface area contributed by atoms with E-state index in [9.17, 15) is 0 Å². The van der Waals surface area contributed by atoms with Crippen LogP contribution in [0.1, 0.15) is 11.8 Å². The molecule has 0 saturated heterocycles. The van der Waals surface area contributed by atoms with Gasteiger partial charge in [-0.25, -0.2) is 0 Å². The zero-order valence-corrected chi connectivity index (χ0v) is 8.45. The third kappa shape index (κ3) is 3.54. The monoisotopic (exact) mass is 205 g/mol. The number of halogens is 1. The average Bonchev–Trinajstić information content (AvgIpc) is 2.35. The number of aliphatic hydroxyl groups excluding tert-OH is 1. The van der Waals surface area contributed by atoms with Crippen molar-refractivity contribution in [1.82, 2.24) is 5.32 Å². The summed E-state index contributed by atoms with van der Waals surface area (Å²) in [4.78, 5) is 1.20. The van der Waals surface area contributed by atoms with Crippen LogP contribution in [0.3, 0.4) is 0 Å². The summed E-state index contributed by atoms with van der Waals surface area (Å²) < 4.78 is 0.809. The standard InChI is InChI=1S/C8H12ClNOS/c1-6(11)4-10-5-7-2-3-8(9)12-7/h2-3,6,10-11H,4-5H2,1H3/t6-/m0/s1. The molecule has 2 nitrogen and oxygen atoms in total. The molecule has 4 heteroatoms. The minimum Gasteiger partial charge on any atom is -0.392 e. The lowest BCUT2D eigenvalue weighted by Gasteiger charge is -2.04. The Bertz CT molecular complexity index is 237. The maximum atomic E-state index is 8.95. The molecular weight excluding hydrogens is 194 g/mol. The number of nitrogens with one attached hydrogen (secondary N) is 1. The predicted molar refractivity (Wildman–Crippen MR) is 52.7 cm³/mol. The summed E-state index contributed by atoms with van der Waals surface area (Å²) in [7, 11) is 0. The van der Waals surface area contributed by atoms with E-state index >= 15 is 0 Å². The second kappa shape index (κ2) is 4.82. The van der Waals surface area contributed by atoms with Gasteiger partial charge in [0.05, 0.1) is 10.4 Å². The second-order valence-electron chi connectivity index (χ2n) is 2.69. The number of aliphatic hydroxyl groups is 1. The van der Waals surface area contributed by atoms with Gasteiger partial charge < -0.3 is 10.4 Å². The number of hydrogen-bond donors (Lipinski definition) is 2. The first-order chi connectivity index (χ1) is 5.68. The highest BCUT2D eigenvalue weighted by Crippen LogP contribution is 2.20. The van der Waals surface area contributed by atoms with Crippen LogP contribution in [-0.2, 0) is 6.54 Å². The van der Waals surface area contributed by atoms with Crippen molar-refractivity contribution in [3.8, 4) is 0 Å². The molecule has 0 amide bonds. The molecule has 0 aliphatic carbocycles. The molecule has 1 heterocycles. The lowest BCUT2D eigenvalue weighted by Crippen LogP contribution is -2.23. The summed E-state index contributed by atoms with van der Waals surface area (Å²) in [6.07, 6.45) is -0.291. The Balaban J connectivity index is 2.24. The topological polar surface area (TPSA) is 32.3 Å². The molecule has 0 aliphatic heterocycles. The van der Waals surface area contributed by atoms with Crippen molar-refractivity contribution in [3.05, 3.63) is 21.3 Å². The molecule has 0 unspecified atom stereocenters. The summed E-state index contributed by atoms with van der Waals surface area (Å²) in [5, 5.41) is 12.1. The minimum absolute atomic E-state index is 0.291. The van der Waals surface area contributed by atoms with Crippen LogP contribution in [0.4, 0.5) is 0 Å². The maximum Gasteiger partial charge on any atom is 0.0931 e. The van der Waals surface area contributed by atoms with Gasteiger partial charge in [-0.15, -0.1) is 11.3 Å². The van der Waals surface area contributed by atoms with Crippen molar-refractivity contribution in [3.63, 3.8) is 0 Å². The van der Waals surface area contributed by atoms with Gasteiger partial charge in [-0.05, 0) is 19.1 Å². The van der Waals surface area contributed by atoms with Gasteiger partial charge in [0, 0.05) is 18.0 Å². The van der Waals surface area contributed by atoms with Crippen LogP contribution in [0.5, 0.6) is 0 Å². The van der Waals surface area contributed by atoms with Crippen LogP contribution in [0, 0.1) is 0 Å². The van der Waals surface area contributed by atoms with E-state index in [0.717, 1.165) is 10.9 Å². The van der Waals surface area contributed by atoms with Gasteiger partial charge in [-0.3, -0.25) is 0 Å². The van der Waals surface area contributed by atoms with Gasteiger partial charge in [-0.2, -0.15) is 0 Å². The summed E-state index contributed by atoms with van der Waals surface area (Å²) in [6.45, 7) is 3.16. The number of hydrogen-bond acceptors (Lipinski definition) is 3. The van der Waals surface area contributed by atoms with E-state index in [4.69, 9.17) is 16.7 Å². The van der Waals surface area contributed by atoms with Gasteiger partial charge in [0.2, 0.25) is 0 Å². The third-order valence-corrected chi connectivity index (χ3v) is 2.60. The van der Waals surface area contributed by atoms with Gasteiger partial charge in [0.25, 0.3) is 0 Å². The molecule has 0 aromatic carbocycles. The van der Waals surface area contributed by atoms with Gasteiger partial charge in [0.1, 0.15) is 0 Å². The molecule has 0 saturated carbocycles. The van der Waals surface area contributed by atoms with Crippen molar-refractivity contribution in [2.24, 2.45) is 0 Å². The third-order valence-electron chi connectivity index (χ3n) is 1.37. The van der Waals surface area contributed by atoms with Gasteiger partial charge in [0.15, 0.2) is 0 Å². The molecule has 1 rings (SSSR count). The summed E-state index contributed by atoms with van der Waals surface area (Å²) >= 11 is 7.30. The Labute approximate surface area is 81.2 Å². The van der Waals surface area contributed by atoms with Crippen LogP contribution in [0.25, 0.3) is 0 Å². The molecule has 2 N–H and O–H groups in total. The molecule has 1 atom stereocenters. The van der Waals surface area contributed by atoms with Crippen molar-refractivity contribution >= 4 is 22.9 Å². The Morgan fingerprint density at radius 1 is 1.67 bits per heavy atom. The van der Waals surface area contributed by atoms with E-state index in [1.165, 1.54) is 4.88 Å². The van der Waals surface area contributed by atoms with Crippen LogP contribution >= 0.6 is 22.9 Å². The Kier molecular flexibility index (Phi) is 4.01. The largest absolute Gasteiger partial charge is 0.392 e. The molecule has 0 aliphatic rings. The Hall–Kier alpha value is -0.0900. The van der Waals surface area contributed by atoms with E-state index in [2.05, 4.69) is 5.32 Å². The molecule has 1 aromatic rings. The summed E-state index contributed by atoms with van der Waals surface area (Å²) in [5.41, 5.74) is 0. The predicted octanol–water partition coefficient (Wildman–Crippen LogP) is 1.87. The molecule has 68 valence electrons. The van der Waals surface area contributed by atoms with E-state index in [0.29, 0.717) is 6.54 Å². The Morgan fingerprint density at radius 3 is 2.92 bits per heavy atom. The highest BCUT2D eigenvalue weighted by atomic mass is 35.5. The quantitative estimate of drug-likeness (QED) is 0.787. The second-order valence-corrected chi connectivity index (χ2v) is 4.49. The Morgan fingerprint density at radius 2 is 2.42 bits per heavy atom. The molecule has 0 spiro atoms. The van der Waals surface area contributed by atoms with E-state index in [1.54, 1.807) is 18.3 Å². The molecule has 0 bridgehead atoms. The molecule has 0 fully saturated rings. The lowest BCUT2D eigenvalue weighted by molar-refractivity contribution is 0.191. The fourth-order valence-corrected chi connectivity index (χ4v) is 1.91. The van der Waals surface area contributed by atoms with Crippen molar-refractivity contribution in [2.75, 3.05) is 6.54 Å². The first-order valence-corrected chi connectivity index (χ1v) is 5.01. The molecule has 0 radical (unpaired) electrons. The van der Waals surface area contributed by atoms with E-state index in [1.807, 2.05) is 12.1 Å². The smallest absolute Gasteiger partial charge is 0.0931 e. The molecule has 12 heavy (non-hydrogen) atoms. The van der Waals surface area contributed by atoms with Crippen molar-refractivity contribution in [1.29, 1.82) is 0 Å². The highest BCUT2D eigenvalue weighted by Gasteiger charge is 1.98. The van der Waals surface area contributed by atoms with Crippen LogP contribution in [0.15, 0.2) is 12.1 Å².